The van der Waals surface area contributed by atoms with Gasteiger partial charge in [0, 0.05) is 49.9 Å². The lowest BCUT2D eigenvalue weighted by Gasteiger charge is -2.31. The van der Waals surface area contributed by atoms with Crippen LogP contribution in [0.4, 0.5) is 0 Å². The van der Waals surface area contributed by atoms with Gasteiger partial charge in [-0.05, 0) is 50.5 Å². The smallest absolute Gasteiger partial charge is 0.0969 e. The molecule has 24 heavy (non-hydrogen) atoms. The van der Waals surface area contributed by atoms with Crippen molar-refractivity contribution in [1.82, 2.24) is 25.0 Å². The number of likely N-dealkylation sites (tertiary alicyclic amines) is 1. The number of β-amino-alcohol motifs (C(OH)–C–C–N with tert-alkyl or cyclic N) is 1. The number of nitrogens with one attached hydrogen (secondary N) is 1. The minimum Gasteiger partial charge on any atom is -0.395 e. The fourth-order valence-corrected chi connectivity index (χ4v) is 3.39. The van der Waals surface area contributed by atoms with Gasteiger partial charge in [-0.15, -0.1) is 0 Å². The summed E-state index contributed by atoms with van der Waals surface area (Å²) in [5.41, 5.74) is 3.37. The van der Waals surface area contributed by atoms with Crippen LogP contribution < -0.4 is 5.32 Å². The molecule has 0 bridgehead atoms. The van der Waals surface area contributed by atoms with E-state index in [1.165, 1.54) is 18.4 Å². The molecule has 2 N–H and O–H groups in total. The van der Waals surface area contributed by atoms with Crippen molar-refractivity contribution in [2.75, 3.05) is 32.8 Å². The van der Waals surface area contributed by atoms with Crippen LogP contribution in [0.1, 0.15) is 18.4 Å². The van der Waals surface area contributed by atoms with Crippen molar-refractivity contribution in [3.63, 3.8) is 0 Å². The van der Waals surface area contributed by atoms with Crippen LogP contribution in [0, 0.1) is 5.92 Å². The number of aliphatic hydroxyl groups excluding tert-OH is 1. The first-order valence-electron chi connectivity index (χ1n) is 8.73. The summed E-state index contributed by atoms with van der Waals surface area (Å²) in [4.78, 5) is 6.43. The summed E-state index contributed by atoms with van der Waals surface area (Å²) in [6, 6.07) is 4.01. The molecular formula is C18H27N5O. The van der Waals surface area contributed by atoms with Gasteiger partial charge in [0.15, 0.2) is 0 Å². The van der Waals surface area contributed by atoms with Gasteiger partial charge >= 0.3 is 0 Å². The Morgan fingerprint density at radius 3 is 2.71 bits per heavy atom. The van der Waals surface area contributed by atoms with Crippen LogP contribution >= 0.6 is 0 Å². The number of nitrogens with zero attached hydrogens (tertiary/aromatic N) is 4. The van der Waals surface area contributed by atoms with Crippen LogP contribution in [0.15, 0.2) is 30.7 Å². The fourth-order valence-electron chi connectivity index (χ4n) is 3.39. The van der Waals surface area contributed by atoms with Gasteiger partial charge in [-0.25, -0.2) is 0 Å². The second kappa shape index (κ2) is 8.37. The van der Waals surface area contributed by atoms with Gasteiger partial charge in [0.1, 0.15) is 0 Å². The lowest BCUT2D eigenvalue weighted by Crippen LogP contribution is -2.38. The average Bonchev–Trinajstić information content (AvgIpc) is 2.98. The normalized spacial score (nSPS) is 16.6. The Morgan fingerprint density at radius 2 is 2.00 bits per heavy atom. The van der Waals surface area contributed by atoms with Crippen molar-refractivity contribution >= 4 is 0 Å². The molecule has 0 unspecified atom stereocenters. The summed E-state index contributed by atoms with van der Waals surface area (Å²) in [7, 11) is 1.96. The predicted octanol–water partition coefficient (Wildman–Crippen LogP) is 1.28. The van der Waals surface area contributed by atoms with Crippen molar-refractivity contribution < 1.29 is 5.11 Å². The zero-order chi connectivity index (χ0) is 16.8. The quantitative estimate of drug-likeness (QED) is 0.801. The van der Waals surface area contributed by atoms with Gasteiger partial charge in [0.25, 0.3) is 0 Å². The van der Waals surface area contributed by atoms with E-state index in [4.69, 9.17) is 5.11 Å². The number of hydrogen-bond acceptors (Lipinski definition) is 5. The molecule has 6 nitrogen and oxygen atoms in total. The van der Waals surface area contributed by atoms with E-state index in [0.717, 1.165) is 49.9 Å². The zero-order valence-electron chi connectivity index (χ0n) is 14.4. The molecule has 130 valence electrons. The van der Waals surface area contributed by atoms with Crippen molar-refractivity contribution in [3.05, 3.63) is 36.3 Å². The Hall–Kier alpha value is -1.76. The highest BCUT2D eigenvalue weighted by Crippen LogP contribution is 2.21. The summed E-state index contributed by atoms with van der Waals surface area (Å²) >= 11 is 0. The fraction of sp³-hybridized carbons (Fsp3) is 0.556. The van der Waals surface area contributed by atoms with E-state index in [1.807, 2.05) is 23.9 Å². The first-order valence-corrected chi connectivity index (χ1v) is 8.73. The molecular weight excluding hydrogens is 302 g/mol. The molecule has 2 aromatic heterocycles. The Balaban J connectivity index is 1.51. The van der Waals surface area contributed by atoms with E-state index in [2.05, 4.69) is 26.5 Å². The predicted molar refractivity (Wildman–Crippen MR) is 94.4 cm³/mol. The third-order valence-corrected chi connectivity index (χ3v) is 4.73. The van der Waals surface area contributed by atoms with Gasteiger partial charge in [-0.3, -0.25) is 9.67 Å². The number of rotatable bonds is 7. The number of pyridine rings is 1. The second-order valence-corrected chi connectivity index (χ2v) is 6.55. The second-order valence-electron chi connectivity index (χ2n) is 6.55. The van der Waals surface area contributed by atoms with Crippen LogP contribution in [0.5, 0.6) is 0 Å². The van der Waals surface area contributed by atoms with Gasteiger partial charge < -0.3 is 15.3 Å². The third-order valence-electron chi connectivity index (χ3n) is 4.73. The summed E-state index contributed by atoms with van der Waals surface area (Å²) in [5, 5.41) is 17.2. The lowest BCUT2D eigenvalue weighted by atomic mass is 9.96. The lowest BCUT2D eigenvalue weighted by molar-refractivity contribution is 0.146. The highest BCUT2D eigenvalue weighted by atomic mass is 16.3. The van der Waals surface area contributed by atoms with E-state index in [0.29, 0.717) is 0 Å². The zero-order valence-corrected chi connectivity index (χ0v) is 14.4. The standard InChI is InChI=1S/C18H27N5O/c1-22-14-17(18(21-22)16-2-6-19-7-3-16)13-20-12-15-4-8-23(9-5-15)10-11-24/h2-3,6-7,14-15,20,24H,4-5,8-13H2,1H3. The molecule has 1 fully saturated rings. The Kier molecular flexibility index (Phi) is 5.96. The van der Waals surface area contributed by atoms with E-state index in [9.17, 15) is 0 Å². The van der Waals surface area contributed by atoms with Crippen LogP contribution in [0.3, 0.4) is 0 Å². The van der Waals surface area contributed by atoms with Crippen molar-refractivity contribution in [2.45, 2.75) is 19.4 Å². The van der Waals surface area contributed by atoms with Crippen LogP contribution in [0.2, 0.25) is 0 Å². The maximum atomic E-state index is 9.01. The van der Waals surface area contributed by atoms with Gasteiger partial charge in [0.2, 0.25) is 0 Å². The highest BCUT2D eigenvalue weighted by Gasteiger charge is 2.18. The Labute approximate surface area is 143 Å². The molecule has 0 aromatic carbocycles. The van der Waals surface area contributed by atoms with E-state index in [-0.39, 0.29) is 6.61 Å². The molecule has 1 aliphatic rings. The van der Waals surface area contributed by atoms with Crippen LogP contribution in [-0.4, -0.2) is 57.6 Å². The van der Waals surface area contributed by atoms with Gasteiger partial charge in [-0.1, -0.05) is 0 Å². The average molecular weight is 329 g/mol. The highest BCUT2D eigenvalue weighted by molar-refractivity contribution is 5.61. The molecule has 2 aromatic rings. The number of aromatic nitrogens is 3. The van der Waals surface area contributed by atoms with E-state index >= 15 is 0 Å². The SMILES string of the molecule is Cn1cc(CNCC2CCN(CCO)CC2)c(-c2ccncc2)n1. The molecule has 1 aliphatic heterocycles. The summed E-state index contributed by atoms with van der Waals surface area (Å²) < 4.78 is 1.88. The van der Waals surface area contributed by atoms with E-state index in [1.54, 1.807) is 12.4 Å². The Morgan fingerprint density at radius 1 is 1.25 bits per heavy atom. The van der Waals surface area contributed by atoms with Crippen molar-refractivity contribution in [2.24, 2.45) is 13.0 Å². The van der Waals surface area contributed by atoms with Crippen molar-refractivity contribution in [1.29, 1.82) is 0 Å². The number of aryl methyl sites for hydroxylation is 1. The summed E-state index contributed by atoms with van der Waals surface area (Å²) in [6.07, 6.45) is 8.11. The largest absolute Gasteiger partial charge is 0.395 e. The Bertz CT molecular complexity index is 620. The molecule has 0 aliphatic carbocycles. The molecule has 3 heterocycles. The maximum Gasteiger partial charge on any atom is 0.0969 e. The maximum absolute atomic E-state index is 9.01. The first-order chi connectivity index (χ1) is 11.8. The number of hydrogen-bond donors (Lipinski definition) is 2. The first kappa shape index (κ1) is 17.1. The third kappa shape index (κ3) is 4.41. The molecule has 0 radical (unpaired) electrons. The van der Waals surface area contributed by atoms with Crippen molar-refractivity contribution in [3.8, 4) is 11.3 Å². The minimum atomic E-state index is 0.266. The molecule has 0 atom stereocenters. The summed E-state index contributed by atoms with van der Waals surface area (Å²) in [5.74, 6) is 0.723. The van der Waals surface area contributed by atoms with E-state index < -0.39 is 0 Å². The summed E-state index contributed by atoms with van der Waals surface area (Å²) in [6.45, 7) is 5.15. The topological polar surface area (TPSA) is 66.2 Å². The number of piperidine rings is 1. The molecule has 3 rings (SSSR count). The monoisotopic (exact) mass is 329 g/mol. The molecule has 0 amide bonds. The van der Waals surface area contributed by atoms with Crippen LogP contribution in [-0.2, 0) is 13.6 Å². The van der Waals surface area contributed by atoms with Crippen LogP contribution in [0.25, 0.3) is 11.3 Å². The molecule has 0 saturated carbocycles. The molecule has 0 spiro atoms. The minimum absolute atomic E-state index is 0.266. The molecule has 1 saturated heterocycles. The molecule has 6 heteroatoms. The number of aliphatic hydroxyl groups is 1. The van der Waals surface area contributed by atoms with Gasteiger partial charge in [-0.2, -0.15) is 5.10 Å². The van der Waals surface area contributed by atoms with Gasteiger partial charge in [0.05, 0.1) is 12.3 Å².